The summed E-state index contributed by atoms with van der Waals surface area (Å²) in [5.74, 6) is -0.491. The number of rotatable bonds is 13. The fourth-order valence-corrected chi connectivity index (χ4v) is 5.38. The second-order valence-corrected chi connectivity index (χ2v) is 13.7. The van der Waals surface area contributed by atoms with Crippen LogP contribution in [-0.4, -0.2) is 82.3 Å². The Morgan fingerprint density at radius 1 is 0.918 bits per heavy atom. The molecule has 1 aromatic heterocycles. The van der Waals surface area contributed by atoms with Crippen LogP contribution in [0.2, 0.25) is 0 Å². The highest BCUT2D eigenvalue weighted by molar-refractivity contribution is 5.98. The predicted octanol–water partition coefficient (Wildman–Crippen LogP) is 4.22. The van der Waals surface area contributed by atoms with Gasteiger partial charge in [-0.3, -0.25) is 14.4 Å². The summed E-state index contributed by atoms with van der Waals surface area (Å²) in [6.45, 7) is 11.3. The van der Waals surface area contributed by atoms with Crippen molar-refractivity contribution < 1.29 is 33.4 Å². The summed E-state index contributed by atoms with van der Waals surface area (Å²) >= 11 is 0. The molecule has 49 heavy (non-hydrogen) atoms. The number of hydrogen-bond acceptors (Lipinski definition) is 8. The van der Waals surface area contributed by atoms with E-state index in [1.54, 1.807) is 50.8 Å². The summed E-state index contributed by atoms with van der Waals surface area (Å²) in [5, 5.41) is 8.03. The van der Waals surface area contributed by atoms with Crippen molar-refractivity contribution >= 4 is 29.6 Å². The van der Waals surface area contributed by atoms with Crippen molar-refractivity contribution in [1.29, 1.82) is 0 Å². The molecule has 3 N–H and O–H groups in total. The quantitative estimate of drug-likeness (QED) is 0.243. The molecule has 0 bridgehead atoms. The average molecular weight is 677 g/mol. The van der Waals surface area contributed by atoms with E-state index in [2.05, 4.69) is 20.9 Å². The van der Waals surface area contributed by atoms with E-state index in [1.165, 1.54) is 20.2 Å². The van der Waals surface area contributed by atoms with Gasteiger partial charge in [0.05, 0.1) is 26.7 Å². The van der Waals surface area contributed by atoms with Gasteiger partial charge in [0.2, 0.25) is 5.91 Å². The van der Waals surface area contributed by atoms with Crippen LogP contribution < -0.4 is 20.7 Å². The number of alkyl carbamates (subject to hydrolysis) is 1. The van der Waals surface area contributed by atoms with Gasteiger partial charge in [0.15, 0.2) is 5.82 Å². The van der Waals surface area contributed by atoms with Gasteiger partial charge in [-0.2, -0.15) is 0 Å². The van der Waals surface area contributed by atoms with Gasteiger partial charge < -0.3 is 39.6 Å². The molecule has 1 unspecified atom stereocenters. The van der Waals surface area contributed by atoms with Gasteiger partial charge in [0, 0.05) is 19.3 Å². The minimum absolute atomic E-state index is 0.0930. The number of imidazole rings is 1. The van der Waals surface area contributed by atoms with Crippen LogP contribution in [0.5, 0.6) is 5.75 Å². The first-order valence-corrected chi connectivity index (χ1v) is 16.4. The van der Waals surface area contributed by atoms with Gasteiger partial charge >= 0.3 is 6.09 Å². The van der Waals surface area contributed by atoms with Crippen molar-refractivity contribution in [3.8, 4) is 5.75 Å². The van der Waals surface area contributed by atoms with Crippen LogP contribution in [0.3, 0.4) is 0 Å². The highest BCUT2D eigenvalue weighted by Gasteiger charge is 2.41. The molecular weight excluding hydrogens is 628 g/mol. The Balaban J connectivity index is 1.55. The minimum atomic E-state index is -1.43. The lowest BCUT2D eigenvalue weighted by molar-refractivity contribution is -0.137. The molecular formula is C36H48N6O7. The Labute approximate surface area is 287 Å². The summed E-state index contributed by atoms with van der Waals surface area (Å²) in [6.07, 6.45) is 4.18. The second-order valence-electron chi connectivity index (χ2n) is 13.7. The van der Waals surface area contributed by atoms with E-state index in [0.717, 1.165) is 24.0 Å². The topological polar surface area (TPSA) is 153 Å². The molecule has 0 spiro atoms. The Bertz CT molecular complexity index is 1590. The van der Waals surface area contributed by atoms with Crippen LogP contribution in [-0.2, 0) is 36.0 Å². The number of carbonyl (C=O) groups excluding carboxylic acids is 4. The predicted molar refractivity (Wildman–Crippen MR) is 184 cm³/mol. The maximum atomic E-state index is 14.0. The molecule has 0 aliphatic carbocycles. The lowest BCUT2D eigenvalue weighted by Crippen LogP contribution is -2.59. The number of likely N-dealkylation sites (tertiary alicyclic amines) is 1. The second kappa shape index (κ2) is 15.5. The first kappa shape index (κ1) is 36.9. The normalized spacial score (nSPS) is 15.1. The molecule has 0 saturated carbocycles. The van der Waals surface area contributed by atoms with Crippen molar-refractivity contribution in [2.24, 2.45) is 0 Å². The Morgan fingerprint density at radius 3 is 2.18 bits per heavy atom. The third-order valence-electron chi connectivity index (χ3n) is 8.21. The van der Waals surface area contributed by atoms with E-state index in [0.29, 0.717) is 18.8 Å². The number of methoxy groups -OCH3 is 1. The lowest BCUT2D eigenvalue weighted by atomic mass is 9.90. The van der Waals surface area contributed by atoms with Crippen LogP contribution in [0, 0.1) is 0 Å². The number of carbonyl (C=O) groups is 4. The van der Waals surface area contributed by atoms with Crippen molar-refractivity contribution in [3.63, 3.8) is 0 Å². The average Bonchev–Trinajstić information content (AvgIpc) is 3.76. The molecule has 4 amide bonds. The van der Waals surface area contributed by atoms with E-state index in [4.69, 9.17) is 14.2 Å². The zero-order valence-corrected chi connectivity index (χ0v) is 29.4. The largest absolute Gasteiger partial charge is 0.497 e. The summed E-state index contributed by atoms with van der Waals surface area (Å²) in [4.78, 5) is 59.9. The van der Waals surface area contributed by atoms with Crippen LogP contribution >= 0.6 is 0 Å². The van der Waals surface area contributed by atoms with E-state index in [-0.39, 0.29) is 24.9 Å². The SMILES string of the molecule is COc1ccc(C(C)(C(=O)N2CCCC2)n2cnc(NC(=O)[C@H](COCc3ccccc3)NC(=O)C(C)(C)NC(=O)OC(C)(C)C)c2)cc1. The number of nitrogens with zero attached hydrogens (tertiary/aromatic N) is 3. The molecule has 264 valence electrons. The maximum absolute atomic E-state index is 14.0. The zero-order valence-electron chi connectivity index (χ0n) is 29.4. The molecule has 13 heteroatoms. The summed E-state index contributed by atoms with van der Waals surface area (Å²) in [5.41, 5.74) is -1.76. The summed E-state index contributed by atoms with van der Waals surface area (Å²) in [7, 11) is 1.58. The number of hydrogen-bond donors (Lipinski definition) is 3. The standard InChI is InChI=1S/C36H48N6O7/c1-34(2,3)49-33(46)40-35(4,5)31(44)38-28(23-48-22-25-13-9-8-10-14-25)30(43)39-29-21-42(24-37-29)36(6,32(45)41-19-11-12-20-41)26-15-17-27(47-7)18-16-26/h8-10,13-18,21,24,28H,11-12,19-20,22-23H2,1-7H3,(H,38,44)(H,39,43)(H,40,46)/t28-,36?/m0/s1. The molecule has 1 aliphatic heterocycles. The Morgan fingerprint density at radius 2 is 1.57 bits per heavy atom. The van der Waals surface area contributed by atoms with Gasteiger partial charge in [-0.05, 0) is 77.6 Å². The van der Waals surface area contributed by atoms with Crippen molar-refractivity contribution in [2.45, 2.75) is 83.7 Å². The van der Waals surface area contributed by atoms with Gasteiger partial charge in [-0.1, -0.05) is 42.5 Å². The van der Waals surface area contributed by atoms with Gasteiger partial charge in [-0.15, -0.1) is 0 Å². The number of nitrogens with one attached hydrogen (secondary N) is 3. The number of ether oxygens (including phenoxy) is 3. The van der Waals surface area contributed by atoms with Crippen LogP contribution in [0.15, 0.2) is 67.1 Å². The van der Waals surface area contributed by atoms with Crippen LogP contribution in [0.1, 0.15) is 65.5 Å². The highest BCUT2D eigenvalue weighted by atomic mass is 16.6. The van der Waals surface area contributed by atoms with Crippen LogP contribution in [0.25, 0.3) is 0 Å². The van der Waals surface area contributed by atoms with E-state index in [9.17, 15) is 19.2 Å². The first-order chi connectivity index (χ1) is 23.1. The number of anilines is 1. The number of amides is 4. The lowest BCUT2D eigenvalue weighted by Gasteiger charge is -2.34. The Hall–Kier alpha value is -4.91. The van der Waals surface area contributed by atoms with E-state index >= 15 is 0 Å². The molecule has 4 rings (SSSR count). The molecule has 1 saturated heterocycles. The third-order valence-corrected chi connectivity index (χ3v) is 8.21. The maximum Gasteiger partial charge on any atom is 0.408 e. The molecule has 3 aromatic rings. The van der Waals surface area contributed by atoms with Crippen molar-refractivity contribution in [2.75, 3.05) is 32.1 Å². The van der Waals surface area contributed by atoms with Gasteiger partial charge in [0.25, 0.3) is 11.8 Å². The fraction of sp³-hybridized carbons (Fsp3) is 0.472. The third kappa shape index (κ3) is 9.59. The van der Waals surface area contributed by atoms with Crippen molar-refractivity contribution in [3.05, 3.63) is 78.2 Å². The smallest absolute Gasteiger partial charge is 0.408 e. The minimum Gasteiger partial charge on any atom is -0.497 e. The molecule has 13 nitrogen and oxygen atoms in total. The highest BCUT2D eigenvalue weighted by Crippen LogP contribution is 2.32. The monoisotopic (exact) mass is 676 g/mol. The first-order valence-electron chi connectivity index (χ1n) is 16.4. The van der Waals surface area contributed by atoms with Gasteiger partial charge in [0.1, 0.15) is 28.5 Å². The Kier molecular flexibility index (Phi) is 11.7. The molecule has 2 atom stereocenters. The molecule has 0 radical (unpaired) electrons. The number of aromatic nitrogens is 2. The van der Waals surface area contributed by atoms with Crippen LogP contribution in [0.4, 0.5) is 10.6 Å². The van der Waals surface area contributed by atoms with Gasteiger partial charge in [-0.25, -0.2) is 9.78 Å². The molecule has 2 aromatic carbocycles. The summed E-state index contributed by atoms with van der Waals surface area (Å²) in [6, 6.07) is 15.5. The summed E-state index contributed by atoms with van der Waals surface area (Å²) < 4.78 is 18.2. The van der Waals surface area contributed by atoms with Crippen molar-refractivity contribution in [1.82, 2.24) is 25.1 Å². The number of benzene rings is 2. The molecule has 1 aliphatic rings. The van der Waals surface area contributed by atoms with E-state index < -0.39 is 40.6 Å². The fourth-order valence-electron chi connectivity index (χ4n) is 5.38. The zero-order chi connectivity index (χ0) is 35.8. The molecule has 1 fully saturated rings. The molecule has 2 heterocycles. The van der Waals surface area contributed by atoms with E-state index in [1.807, 2.05) is 54.3 Å².